The predicted octanol–water partition coefficient (Wildman–Crippen LogP) is 2.14. The monoisotopic (exact) mass is 292 g/mol. The van der Waals surface area contributed by atoms with Gasteiger partial charge < -0.3 is 15.3 Å². The van der Waals surface area contributed by atoms with Crippen LogP contribution in [-0.4, -0.2) is 41.3 Å². The maximum absolute atomic E-state index is 12.8. The van der Waals surface area contributed by atoms with E-state index in [2.05, 4.69) is 15.3 Å². The van der Waals surface area contributed by atoms with E-state index in [9.17, 15) is 13.2 Å². The van der Waals surface area contributed by atoms with Gasteiger partial charge in [0.05, 0.1) is 6.61 Å². The van der Waals surface area contributed by atoms with Crippen LogP contribution < -0.4 is 10.2 Å². The number of nitrogens with zero attached hydrogens (tertiary/aromatic N) is 3. The van der Waals surface area contributed by atoms with Crippen LogP contribution in [0.3, 0.4) is 0 Å². The van der Waals surface area contributed by atoms with Gasteiger partial charge in [0.2, 0.25) is 5.95 Å². The number of hydrogen-bond acceptors (Lipinski definition) is 5. The minimum Gasteiger partial charge on any atom is -0.395 e. The van der Waals surface area contributed by atoms with Crippen LogP contribution in [0.15, 0.2) is 6.07 Å². The van der Waals surface area contributed by atoms with Crippen LogP contribution in [-0.2, 0) is 6.18 Å². The van der Waals surface area contributed by atoms with Crippen molar-refractivity contribution in [3.63, 3.8) is 0 Å². The number of aromatic nitrogens is 2. The summed E-state index contributed by atoms with van der Waals surface area (Å²) in [7, 11) is 0. The molecular weight excluding hydrogens is 273 g/mol. The molecular formula is C12H19F3N4O. The van der Waals surface area contributed by atoms with Crippen molar-refractivity contribution in [1.82, 2.24) is 9.97 Å². The van der Waals surface area contributed by atoms with Gasteiger partial charge in [0.15, 0.2) is 5.69 Å². The maximum atomic E-state index is 12.8. The van der Waals surface area contributed by atoms with E-state index in [1.165, 1.54) is 0 Å². The fourth-order valence-corrected chi connectivity index (χ4v) is 1.61. The molecule has 0 aliphatic rings. The molecule has 5 nitrogen and oxygen atoms in total. The van der Waals surface area contributed by atoms with Crippen LogP contribution in [0.25, 0.3) is 0 Å². The summed E-state index contributed by atoms with van der Waals surface area (Å²) in [6.07, 6.45) is -3.78. The molecule has 0 amide bonds. The van der Waals surface area contributed by atoms with Gasteiger partial charge in [0.25, 0.3) is 0 Å². The molecule has 1 rings (SSSR count). The summed E-state index contributed by atoms with van der Waals surface area (Å²) >= 11 is 0. The van der Waals surface area contributed by atoms with Crippen molar-refractivity contribution in [2.45, 2.75) is 26.4 Å². The Labute approximate surface area is 115 Å². The molecule has 20 heavy (non-hydrogen) atoms. The number of halogens is 3. The highest BCUT2D eigenvalue weighted by Crippen LogP contribution is 2.30. The maximum Gasteiger partial charge on any atom is 0.433 e. The van der Waals surface area contributed by atoms with Crippen molar-refractivity contribution in [2.24, 2.45) is 0 Å². The summed E-state index contributed by atoms with van der Waals surface area (Å²) in [5.41, 5.74) is -0.988. The number of alkyl halides is 3. The Balaban J connectivity index is 3.14. The molecule has 1 aromatic heterocycles. The Morgan fingerprint density at radius 1 is 1.30 bits per heavy atom. The number of anilines is 2. The highest BCUT2D eigenvalue weighted by molar-refractivity contribution is 5.45. The van der Waals surface area contributed by atoms with Crippen molar-refractivity contribution >= 4 is 11.8 Å². The highest BCUT2D eigenvalue weighted by atomic mass is 19.4. The third-order valence-electron chi connectivity index (χ3n) is 2.61. The minimum atomic E-state index is -4.53. The first-order valence-corrected chi connectivity index (χ1v) is 6.48. The highest BCUT2D eigenvalue weighted by Gasteiger charge is 2.34. The quantitative estimate of drug-likeness (QED) is 0.806. The molecule has 1 aromatic rings. The molecule has 0 saturated heterocycles. The molecule has 0 aliphatic heterocycles. The molecule has 0 unspecified atom stereocenters. The van der Waals surface area contributed by atoms with Crippen molar-refractivity contribution < 1.29 is 18.3 Å². The molecule has 0 spiro atoms. The Hall–Kier alpha value is -1.57. The van der Waals surface area contributed by atoms with Gasteiger partial charge in [-0.2, -0.15) is 18.2 Å². The van der Waals surface area contributed by atoms with Crippen LogP contribution >= 0.6 is 0 Å². The zero-order valence-electron chi connectivity index (χ0n) is 11.5. The first kappa shape index (κ1) is 16.5. The van der Waals surface area contributed by atoms with Gasteiger partial charge in [-0.25, -0.2) is 4.98 Å². The third kappa shape index (κ3) is 4.52. The van der Waals surface area contributed by atoms with Crippen LogP contribution in [0.2, 0.25) is 0 Å². The minimum absolute atomic E-state index is 0.0481. The van der Waals surface area contributed by atoms with E-state index in [0.29, 0.717) is 13.1 Å². The van der Waals surface area contributed by atoms with E-state index in [0.717, 1.165) is 12.5 Å². The number of likely N-dealkylation sites (N-methyl/N-ethyl adjacent to an activating group) is 1. The Morgan fingerprint density at radius 2 is 2.00 bits per heavy atom. The number of rotatable bonds is 7. The number of nitrogens with one attached hydrogen (secondary N) is 1. The lowest BCUT2D eigenvalue weighted by Crippen LogP contribution is -2.28. The van der Waals surface area contributed by atoms with Crippen molar-refractivity contribution in [3.8, 4) is 0 Å². The molecule has 2 N–H and O–H groups in total. The summed E-state index contributed by atoms with van der Waals surface area (Å²) in [6, 6.07) is 0.899. The Kier molecular flexibility index (Phi) is 6.00. The van der Waals surface area contributed by atoms with Crippen LogP contribution in [0, 0.1) is 0 Å². The molecule has 0 aromatic carbocycles. The molecule has 8 heteroatoms. The average Bonchev–Trinajstić information content (AvgIpc) is 2.41. The second-order valence-corrected chi connectivity index (χ2v) is 4.16. The van der Waals surface area contributed by atoms with E-state index in [-0.39, 0.29) is 24.9 Å². The molecule has 0 bridgehead atoms. The molecule has 0 atom stereocenters. The van der Waals surface area contributed by atoms with Gasteiger partial charge in [-0.3, -0.25) is 0 Å². The topological polar surface area (TPSA) is 61.3 Å². The summed E-state index contributed by atoms with van der Waals surface area (Å²) in [5.74, 6) is 0.107. The molecule has 114 valence electrons. The van der Waals surface area contributed by atoms with Crippen molar-refractivity contribution in [3.05, 3.63) is 11.8 Å². The summed E-state index contributed by atoms with van der Waals surface area (Å²) in [4.78, 5) is 9.11. The standard InChI is InChI=1S/C12H19F3N4O/c1-3-5-16-11-17-9(12(13,14)15)8-10(18-11)19(4-2)6-7-20/h8,20H,3-7H2,1-2H3,(H,16,17,18). The van der Waals surface area contributed by atoms with E-state index < -0.39 is 11.9 Å². The number of hydrogen-bond donors (Lipinski definition) is 2. The normalized spacial score (nSPS) is 11.5. The SMILES string of the molecule is CCCNc1nc(N(CC)CCO)cc(C(F)(F)F)n1. The molecule has 0 radical (unpaired) electrons. The van der Waals surface area contributed by atoms with Gasteiger partial charge in [-0.15, -0.1) is 0 Å². The fourth-order valence-electron chi connectivity index (χ4n) is 1.61. The molecule has 0 aliphatic carbocycles. The van der Waals surface area contributed by atoms with Gasteiger partial charge in [0.1, 0.15) is 5.82 Å². The summed E-state index contributed by atoms with van der Waals surface area (Å²) in [6.45, 7) is 4.68. The van der Waals surface area contributed by atoms with Gasteiger partial charge in [-0.05, 0) is 13.3 Å². The summed E-state index contributed by atoms with van der Waals surface area (Å²) in [5, 5.41) is 11.7. The third-order valence-corrected chi connectivity index (χ3v) is 2.61. The second kappa shape index (κ2) is 7.28. The van der Waals surface area contributed by atoms with Crippen LogP contribution in [0.5, 0.6) is 0 Å². The van der Waals surface area contributed by atoms with Crippen molar-refractivity contribution in [2.75, 3.05) is 36.5 Å². The molecule has 0 saturated carbocycles. The lowest BCUT2D eigenvalue weighted by atomic mass is 10.3. The lowest BCUT2D eigenvalue weighted by Gasteiger charge is -2.22. The van der Waals surface area contributed by atoms with Crippen molar-refractivity contribution in [1.29, 1.82) is 0 Å². The lowest BCUT2D eigenvalue weighted by molar-refractivity contribution is -0.141. The largest absolute Gasteiger partial charge is 0.433 e. The van der Waals surface area contributed by atoms with Gasteiger partial charge in [-0.1, -0.05) is 6.92 Å². The molecule has 0 fully saturated rings. The van der Waals surface area contributed by atoms with E-state index >= 15 is 0 Å². The van der Waals surface area contributed by atoms with E-state index in [1.807, 2.05) is 6.92 Å². The number of aliphatic hydroxyl groups excluding tert-OH is 1. The first-order chi connectivity index (χ1) is 9.42. The van der Waals surface area contributed by atoms with E-state index in [1.54, 1.807) is 11.8 Å². The zero-order chi connectivity index (χ0) is 15.2. The Morgan fingerprint density at radius 3 is 2.50 bits per heavy atom. The van der Waals surface area contributed by atoms with Gasteiger partial charge >= 0.3 is 6.18 Å². The zero-order valence-corrected chi connectivity index (χ0v) is 11.5. The van der Waals surface area contributed by atoms with E-state index in [4.69, 9.17) is 5.11 Å². The van der Waals surface area contributed by atoms with Gasteiger partial charge in [0, 0.05) is 25.7 Å². The number of aliphatic hydroxyl groups is 1. The summed E-state index contributed by atoms with van der Waals surface area (Å²) < 4.78 is 38.5. The Bertz CT molecular complexity index is 426. The van der Waals surface area contributed by atoms with Crippen LogP contribution in [0.1, 0.15) is 26.0 Å². The first-order valence-electron chi connectivity index (χ1n) is 6.48. The predicted molar refractivity (Wildman–Crippen MR) is 70.8 cm³/mol. The smallest absolute Gasteiger partial charge is 0.395 e. The average molecular weight is 292 g/mol. The van der Waals surface area contributed by atoms with Crippen LogP contribution in [0.4, 0.5) is 24.9 Å². The molecule has 1 heterocycles. The second-order valence-electron chi connectivity index (χ2n) is 4.16. The fraction of sp³-hybridized carbons (Fsp3) is 0.667.